The van der Waals surface area contributed by atoms with Gasteiger partial charge in [-0.3, -0.25) is 4.79 Å². The van der Waals surface area contributed by atoms with Crippen molar-refractivity contribution in [2.75, 3.05) is 0 Å². The highest BCUT2D eigenvalue weighted by Gasteiger charge is 1.47. The van der Waals surface area contributed by atoms with E-state index < -0.39 is 0 Å². The molecular formula is C2H24N2O10S2. The van der Waals surface area contributed by atoms with Gasteiger partial charge in [0.1, 0.15) is 0 Å². The molecule has 0 aliphatic carbocycles. The Kier molecular flexibility index (Phi) is 5400. The zero-order valence-electron chi connectivity index (χ0n) is 8.34. The van der Waals surface area contributed by atoms with Gasteiger partial charge in [-0.25, -0.2) is 5.26 Å². The van der Waals surface area contributed by atoms with Crippen molar-refractivity contribution in [2.45, 2.75) is 0 Å². The highest BCUT2D eigenvalue weighted by Crippen LogP contribution is 1.33. The van der Waals surface area contributed by atoms with Gasteiger partial charge < -0.3 is 58.1 Å². The van der Waals surface area contributed by atoms with Gasteiger partial charge in [-0.15, -0.1) is 0 Å². The molecular weight excluding hydrogens is 276 g/mol. The van der Waals surface area contributed by atoms with Crippen LogP contribution in [0.2, 0.25) is 0 Å². The molecule has 12 nitrogen and oxygen atoms in total. The van der Waals surface area contributed by atoms with E-state index in [1.165, 1.54) is 0 Å². The number of hydrogen-bond donors (Lipinski definition) is 3. The minimum absolute atomic E-state index is 0. The van der Waals surface area contributed by atoms with Crippen molar-refractivity contribution in [3.8, 4) is 0 Å². The van der Waals surface area contributed by atoms with E-state index >= 15 is 0 Å². The molecule has 0 saturated carbocycles. The van der Waals surface area contributed by atoms with Crippen LogP contribution >= 0.6 is 13.5 Å². The van der Waals surface area contributed by atoms with Crippen LogP contribution in [0.25, 0.3) is 0 Å². The lowest BCUT2D eigenvalue weighted by Gasteiger charge is -1.63. The molecule has 0 aliphatic heterocycles. The molecule has 0 amide bonds. The molecule has 0 heterocycles. The first-order valence-corrected chi connectivity index (χ1v) is 1.06. The van der Waals surface area contributed by atoms with E-state index in [1.807, 2.05) is 0 Å². The summed E-state index contributed by atoms with van der Waals surface area (Å²) in [6, 6.07) is 0. The molecule has 16 heavy (non-hydrogen) atoms. The zero-order chi connectivity index (χ0) is 6.12. The van der Waals surface area contributed by atoms with Crippen LogP contribution in [0.3, 0.4) is 0 Å². The Morgan fingerprint density at radius 3 is 1.25 bits per heavy atom. The van der Waals surface area contributed by atoms with Gasteiger partial charge in [0.2, 0.25) is 0 Å². The van der Waals surface area contributed by atoms with Crippen LogP contribution in [0.15, 0.2) is 0 Å². The maximum absolute atomic E-state index is 8.70. The van der Waals surface area contributed by atoms with Gasteiger partial charge >= 0.3 is 12.6 Å². The van der Waals surface area contributed by atoms with Crippen LogP contribution in [0.4, 0.5) is 0 Å². The van der Waals surface area contributed by atoms with Gasteiger partial charge in [-0.2, -0.15) is 23.1 Å². The van der Waals surface area contributed by atoms with Crippen LogP contribution < -0.4 is 12.3 Å². The van der Waals surface area contributed by atoms with Crippen LogP contribution in [-0.2, 0) is 38.2 Å². The molecule has 0 bridgehead atoms. The number of thiol groups is 1. The Hall–Kier alpha value is -0.770. The molecule has 18 N–H and O–H groups in total. The summed E-state index contributed by atoms with van der Waals surface area (Å²) in [5.41, 5.74) is 0. The van der Waals surface area contributed by atoms with Gasteiger partial charge in [0.15, 0.2) is 0 Å². The predicted octanol–water partition coefficient (Wildman–Crippen LogP) is -3.90. The molecule has 0 aromatic carbocycles. The lowest BCUT2D eigenvalue weighted by atomic mass is 11.7. The monoisotopic (exact) mass is 300 g/mol. The molecule has 0 spiro atoms. The largest absolute Gasteiger partial charge is 0.870 e. The Labute approximate surface area is 106 Å². The molecule has 0 rings (SSSR count). The van der Waals surface area contributed by atoms with Crippen LogP contribution in [0.1, 0.15) is 1.43 Å². The second-order valence-corrected chi connectivity index (χ2v) is 0.285. The summed E-state index contributed by atoms with van der Waals surface area (Å²) in [6.45, 7) is -0.0694. The standard InChI is InChI=1S/CH2O3.CO2.2H3N.5H2O.2H2S.H2/c2-1-4-3;2-1-3;;;;;;;;;;/h1,3H;;2*1H3;7*1H2;1H. The molecule has 114 valence electrons. The number of hydrogen-bond acceptors (Lipinski definition) is 8. The van der Waals surface area contributed by atoms with Crippen molar-refractivity contribution in [3.63, 3.8) is 0 Å². The number of rotatable bonds is 1. The van der Waals surface area contributed by atoms with E-state index in [1.54, 1.807) is 0 Å². The highest BCUT2D eigenvalue weighted by molar-refractivity contribution is 7.59. The third-order valence-corrected chi connectivity index (χ3v) is 0.0430. The molecule has 0 aromatic heterocycles. The van der Waals surface area contributed by atoms with E-state index in [0.29, 0.717) is 0 Å². The third kappa shape index (κ3) is 37400. The maximum Gasteiger partial charge on any atom is 0.373 e. The summed E-state index contributed by atoms with van der Waals surface area (Å²) < 4.78 is 0. The van der Waals surface area contributed by atoms with E-state index in [2.05, 4.69) is 4.89 Å². The third-order valence-electron chi connectivity index (χ3n) is 0.0430. The van der Waals surface area contributed by atoms with Crippen LogP contribution in [0.5, 0.6) is 0 Å². The first-order chi connectivity index (χ1) is 3.33. The summed E-state index contributed by atoms with van der Waals surface area (Å²) in [4.78, 5) is 27.8. The molecule has 0 aromatic rings. The molecule has 0 aliphatic rings. The second kappa shape index (κ2) is 501. The van der Waals surface area contributed by atoms with Crippen molar-refractivity contribution < 1.29 is 53.3 Å². The zero-order valence-corrected chi connectivity index (χ0v) is 10.2. The summed E-state index contributed by atoms with van der Waals surface area (Å²) in [5, 5.41) is 7.01. The van der Waals surface area contributed by atoms with Crippen LogP contribution in [-0.4, -0.2) is 39.8 Å². The smallest absolute Gasteiger partial charge is 0.373 e. The Bertz CT molecular complexity index is 84.7. The summed E-state index contributed by atoms with van der Waals surface area (Å²) >= 11 is 0. The fourth-order valence-electron chi connectivity index (χ4n) is 0. The fourth-order valence-corrected chi connectivity index (χ4v) is 0. The Morgan fingerprint density at radius 2 is 1.25 bits per heavy atom. The first kappa shape index (κ1) is 172. The minimum Gasteiger partial charge on any atom is -0.870 e. The van der Waals surface area contributed by atoms with Crippen molar-refractivity contribution in [3.05, 3.63) is 0 Å². The summed E-state index contributed by atoms with van der Waals surface area (Å²) in [6.07, 6.45) is 0.250. The quantitative estimate of drug-likeness (QED) is 0.107. The second-order valence-electron chi connectivity index (χ2n) is 0.285. The summed E-state index contributed by atoms with van der Waals surface area (Å²) in [7, 11) is 0. The molecule has 0 atom stereocenters. The van der Waals surface area contributed by atoms with Crippen molar-refractivity contribution in [2.24, 2.45) is 0 Å². The maximum atomic E-state index is 8.70. The topological polar surface area (TPSA) is 310 Å². The van der Waals surface area contributed by atoms with Gasteiger partial charge in [0.05, 0.1) is 0 Å². The first-order valence-electron chi connectivity index (χ1n) is 1.06. The van der Waals surface area contributed by atoms with Crippen molar-refractivity contribution >= 4 is 39.6 Å². The number of carbonyl (C=O) groups excluding carboxylic acids is 3. The van der Waals surface area contributed by atoms with Crippen molar-refractivity contribution in [1.29, 1.82) is 0 Å². The number of carbonyl (C=O) groups is 1. The number of quaternary nitrogens is 1. The van der Waals surface area contributed by atoms with E-state index in [-0.39, 0.29) is 80.7 Å². The predicted molar refractivity (Wildman–Crippen MR) is 64.7 cm³/mol. The minimum atomic E-state index is -0.0694. The van der Waals surface area contributed by atoms with Crippen LogP contribution in [0, 0.1) is 0 Å². The lowest BCUT2D eigenvalue weighted by Crippen LogP contribution is -1.69. The Morgan fingerprint density at radius 1 is 1.19 bits per heavy atom. The average molecular weight is 300 g/mol. The molecule has 0 radical (unpaired) electrons. The van der Waals surface area contributed by atoms with Crippen molar-refractivity contribution in [1.82, 2.24) is 12.3 Å². The highest BCUT2D eigenvalue weighted by atomic mass is 32.1. The SMILES string of the molecule is N.O.O.O.O=C=O.O=COO.S.[HH].[NH4+].[OH-].[OH3+].[SH-]. The molecule has 0 saturated heterocycles. The van der Waals surface area contributed by atoms with E-state index in [4.69, 9.17) is 19.6 Å². The fraction of sp³-hybridized carbons (Fsp3) is 0. The van der Waals surface area contributed by atoms with Gasteiger partial charge in [0, 0.05) is 1.43 Å². The van der Waals surface area contributed by atoms with E-state index in [0.717, 1.165) is 0 Å². The molecule has 0 fully saturated rings. The van der Waals surface area contributed by atoms with Gasteiger partial charge in [-0.1, -0.05) is 0 Å². The molecule has 0 unspecified atom stereocenters. The van der Waals surface area contributed by atoms with E-state index in [9.17, 15) is 0 Å². The lowest BCUT2D eigenvalue weighted by molar-refractivity contribution is -0.217. The summed E-state index contributed by atoms with van der Waals surface area (Å²) in [5.74, 6) is 0. The van der Waals surface area contributed by atoms with Gasteiger partial charge in [-0.05, 0) is 0 Å². The van der Waals surface area contributed by atoms with Gasteiger partial charge in [0.25, 0.3) is 0 Å². The Balaban J connectivity index is -0.00000000187. The molecule has 14 heteroatoms. The average Bonchev–Trinajstić information content (AvgIpc) is 1.69. The normalized spacial score (nSPS) is 1.81.